The quantitative estimate of drug-likeness (QED) is 0.729. The largest absolute Gasteiger partial charge is 0.398 e. The van der Waals surface area contributed by atoms with E-state index in [4.69, 9.17) is 21.9 Å². The van der Waals surface area contributed by atoms with E-state index in [9.17, 15) is 8.78 Å². The molecule has 0 radical (unpaired) electrons. The van der Waals surface area contributed by atoms with Gasteiger partial charge in [0, 0.05) is 11.3 Å². The van der Waals surface area contributed by atoms with Gasteiger partial charge in [-0.3, -0.25) is 0 Å². The van der Waals surface area contributed by atoms with Gasteiger partial charge in [0.1, 0.15) is 11.6 Å². The lowest BCUT2D eigenvalue weighted by atomic mass is 10.1. The third-order valence-corrected chi connectivity index (χ3v) is 3.15. The summed E-state index contributed by atoms with van der Waals surface area (Å²) in [5.74, 6) is -1.01. The second-order valence-corrected chi connectivity index (χ2v) is 4.66. The van der Waals surface area contributed by atoms with Crippen molar-refractivity contribution in [1.82, 2.24) is 10.1 Å². The van der Waals surface area contributed by atoms with Gasteiger partial charge in [0.15, 0.2) is 0 Å². The molecule has 0 atom stereocenters. The first-order valence-electron chi connectivity index (χ1n) is 5.90. The highest BCUT2D eigenvalue weighted by molar-refractivity contribution is 6.31. The van der Waals surface area contributed by atoms with Crippen molar-refractivity contribution in [2.45, 2.75) is 0 Å². The normalized spacial score (nSPS) is 10.8. The fraction of sp³-hybridized carbons (Fsp3) is 0. The van der Waals surface area contributed by atoms with E-state index >= 15 is 0 Å². The van der Waals surface area contributed by atoms with E-state index in [-0.39, 0.29) is 28.0 Å². The molecule has 0 saturated heterocycles. The smallest absolute Gasteiger partial charge is 0.263 e. The number of aromatic nitrogens is 2. The predicted molar refractivity (Wildman–Crippen MR) is 74.5 cm³/mol. The van der Waals surface area contributed by atoms with Crippen LogP contribution in [-0.4, -0.2) is 10.1 Å². The Labute approximate surface area is 123 Å². The number of halogens is 3. The Morgan fingerprint density at radius 1 is 1.10 bits per heavy atom. The molecule has 3 aromatic rings. The van der Waals surface area contributed by atoms with Gasteiger partial charge in [-0.2, -0.15) is 4.98 Å². The summed E-state index contributed by atoms with van der Waals surface area (Å²) in [6, 6.07) is 8.23. The number of benzene rings is 2. The van der Waals surface area contributed by atoms with E-state index in [1.165, 1.54) is 36.4 Å². The van der Waals surface area contributed by atoms with Crippen LogP contribution in [0, 0.1) is 11.6 Å². The summed E-state index contributed by atoms with van der Waals surface area (Å²) in [4.78, 5) is 4.06. The standard InChI is InChI=1S/C14H8ClF2N3O/c15-8-6-7(4-5-9(8)16)13-19-14(21-20-13)12-10(17)2-1-3-11(12)18/h1-6H,18H2. The van der Waals surface area contributed by atoms with Crippen LogP contribution in [0.1, 0.15) is 0 Å². The zero-order valence-corrected chi connectivity index (χ0v) is 11.2. The van der Waals surface area contributed by atoms with E-state index in [1.807, 2.05) is 0 Å². The van der Waals surface area contributed by atoms with Crippen LogP contribution >= 0.6 is 11.6 Å². The minimum absolute atomic E-state index is 0.0319. The van der Waals surface area contributed by atoms with Crippen molar-refractivity contribution >= 4 is 17.3 Å². The fourth-order valence-corrected chi connectivity index (χ4v) is 2.02. The average Bonchev–Trinajstić information content (AvgIpc) is 2.91. The zero-order chi connectivity index (χ0) is 15.0. The fourth-order valence-electron chi connectivity index (χ4n) is 1.84. The maximum absolute atomic E-state index is 13.8. The van der Waals surface area contributed by atoms with Crippen molar-refractivity contribution in [3.63, 3.8) is 0 Å². The summed E-state index contributed by atoms with van der Waals surface area (Å²) in [5, 5.41) is 3.66. The molecule has 106 valence electrons. The molecule has 3 rings (SSSR count). The summed E-state index contributed by atoms with van der Waals surface area (Å²) < 4.78 is 31.9. The third kappa shape index (κ3) is 2.45. The topological polar surface area (TPSA) is 64.9 Å². The minimum Gasteiger partial charge on any atom is -0.398 e. The molecule has 0 spiro atoms. The monoisotopic (exact) mass is 307 g/mol. The van der Waals surface area contributed by atoms with Gasteiger partial charge in [0.2, 0.25) is 5.82 Å². The van der Waals surface area contributed by atoms with E-state index in [2.05, 4.69) is 10.1 Å². The number of hydrogen-bond donors (Lipinski definition) is 1. The number of nitrogen functional groups attached to an aromatic ring is 1. The summed E-state index contributed by atoms with van der Waals surface area (Å²) >= 11 is 5.70. The van der Waals surface area contributed by atoms with Crippen molar-refractivity contribution in [2.24, 2.45) is 0 Å². The van der Waals surface area contributed by atoms with E-state index in [0.717, 1.165) is 0 Å². The predicted octanol–water partition coefficient (Wildman–Crippen LogP) is 3.92. The molecule has 7 heteroatoms. The average molecular weight is 308 g/mol. The summed E-state index contributed by atoms with van der Waals surface area (Å²) in [7, 11) is 0. The highest BCUT2D eigenvalue weighted by Gasteiger charge is 2.17. The molecule has 0 aliphatic heterocycles. The van der Waals surface area contributed by atoms with Gasteiger partial charge < -0.3 is 10.3 Å². The molecule has 2 N–H and O–H groups in total. The molecule has 0 unspecified atom stereocenters. The highest BCUT2D eigenvalue weighted by Crippen LogP contribution is 2.30. The summed E-state index contributed by atoms with van der Waals surface area (Å²) in [5.41, 5.74) is 6.37. The molecule has 1 aromatic heterocycles. The Hall–Kier alpha value is -2.47. The van der Waals surface area contributed by atoms with Crippen LogP contribution in [0.25, 0.3) is 22.8 Å². The Balaban J connectivity index is 2.06. The molecule has 21 heavy (non-hydrogen) atoms. The SMILES string of the molecule is Nc1cccc(F)c1-c1nc(-c2ccc(F)c(Cl)c2)no1. The van der Waals surface area contributed by atoms with E-state index < -0.39 is 11.6 Å². The summed E-state index contributed by atoms with van der Waals surface area (Å²) in [6.45, 7) is 0. The van der Waals surface area contributed by atoms with Crippen molar-refractivity contribution in [3.8, 4) is 22.8 Å². The second kappa shape index (κ2) is 5.14. The molecule has 0 aliphatic rings. The molecule has 0 fully saturated rings. The first-order chi connectivity index (χ1) is 10.1. The molecule has 4 nitrogen and oxygen atoms in total. The maximum Gasteiger partial charge on any atom is 0.263 e. The van der Waals surface area contributed by atoms with Gasteiger partial charge in [-0.1, -0.05) is 22.8 Å². The van der Waals surface area contributed by atoms with Crippen LogP contribution in [0.4, 0.5) is 14.5 Å². The third-order valence-electron chi connectivity index (χ3n) is 2.86. The first kappa shape index (κ1) is 13.5. The molecular formula is C14H8ClF2N3O. The van der Waals surface area contributed by atoms with Gasteiger partial charge >= 0.3 is 0 Å². The second-order valence-electron chi connectivity index (χ2n) is 4.26. The van der Waals surface area contributed by atoms with Crippen molar-refractivity contribution in [3.05, 3.63) is 53.1 Å². The number of hydrogen-bond acceptors (Lipinski definition) is 4. The van der Waals surface area contributed by atoms with Crippen LogP contribution < -0.4 is 5.73 Å². The number of rotatable bonds is 2. The van der Waals surface area contributed by atoms with E-state index in [0.29, 0.717) is 5.56 Å². The Kier molecular flexibility index (Phi) is 3.31. The van der Waals surface area contributed by atoms with Crippen LogP contribution in [-0.2, 0) is 0 Å². The van der Waals surface area contributed by atoms with Crippen LogP contribution in [0.3, 0.4) is 0 Å². The van der Waals surface area contributed by atoms with Gasteiger partial charge in [0.05, 0.1) is 10.6 Å². The minimum atomic E-state index is -0.567. The zero-order valence-electron chi connectivity index (χ0n) is 10.5. The first-order valence-corrected chi connectivity index (χ1v) is 6.27. The van der Waals surface area contributed by atoms with E-state index in [1.54, 1.807) is 0 Å². The Morgan fingerprint density at radius 3 is 2.62 bits per heavy atom. The molecule has 1 heterocycles. The van der Waals surface area contributed by atoms with Gasteiger partial charge in [-0.05, 0) is 30.3 Å². The lowest BCUT2D eigenvalue weighted by Gasteiger charge is -2.00. The molecule has 0 bridgehead atoms. The number of nitrogens with two attached hydrogens (primary N) is 1. The molecular weight excluding hydrogens is 300 g/mol. The Bertz CT molecular complexity index is 799. The van der Waals surface area contributed by atoms with Gasteiger partial charge in [-0.15, -0.1) is 0 Å². The highest BCUT2D eigenvalue weighted by atomic mass is 35.5. The number of anilines is 1. The number of nitrogens with zero attached hydrogens (tertiary/aromatic N) is 2. The molecule has 0 saturated carbocycles. The van der Waals surface area contributed by atoms with Gasteiger partial charge in [0.25, 0.3) is 5.89 Å². The van der Waals surface area contributed by atoms with Crippen molar-refractivity contribution in [1.29, 1.82) is 0 Å². The molecule has 0 aliphatic carbocycles. The van der Waals surface area contributed by atoms with Gasteiger partial charge in [-0.25, -0.2) is 8.78 Å². The lowest BCUT2D eigenvalue weighted by molar-refractivity contribution is 0.430. The van der Waals surface area contributed by atoms with Crippen LogP contribution in [0.15, 0.2) is 40.9 Å². The van der Waals surface area contributed by atoms with Crippen molar-refractivity contribution < 1.29 is 13.3 Å². The Morgan fingerprint density at radius 2 is 1.90 bits per heavy atom. The van der Waals surface area contributed by atoms with Crippen molar-refractivity contribution in [2.75, 3.05) is 5.73 Å². The maximum atomic E-state index is 13.8. The summed E-state index contributed by atoms with van der Waals surface area (Å²) in [6.07, 6.45) is 0. The van der Waals surface area contributed by atoms with Crippen LogP contribution in [0.5, 0.6) is 0 Å². The molecule has 0 amide bonds. The van der Waals surface area contributed by atoms with Crippen LogP contribution in [0.2, 0.25) is 5.02 Å². The lowest BCUT2D eigenvalue weighted by Crippen LogP contribution is -1.93. The molecule has 2 aromatic carbocycles.